The lowest BCUT2D eigenvalue weighted by Gasteiger charge is -2.23. The SMILES string of the molecule is CC(C)C(C)C(C)CP(=O)(O)O. The molecule has 0 rings (SSSR count). The van der Waals surface area contributed by atoms with Gasteiger partial charge in [0.15, 0.2) is 0 Å². The van der Waals surface area contributed by atoms with Crippen LogP contribution in [0.25, 0.3) is 0 Å². The van der Waals surface area contributed by atoms with Gasteiger partial charge in [-0.05, 0) is 17.8 Å². The third-order valence-corrected chi connectivity index (χ3v) is 3.53. The van der Waals surface area contributed by atoms with Crippen LogP contribution in [0.3, 0.4) is 0 Å². The number of hydrogen-bond acceptors (Lipinski definition) is 1. The molecule has 2 unspecified atom stereocenters. The largest absolute Gasteiger partial charge is 0.325 e. The highest BCUT2D eigenvalue weighted by Gasteiger charge is 2.23. The molecule has 0 radical (unpaired) electrons. The molecule has 4 heteroatoms. The fourth-order valence-corrected chi connectivity index (χ4v) is 2.28. The summed E-state index contributed by atoms with van der Waals surface area (Å²) in [6, 6.07) is 0. The molecule has 0 heterocycles. The van der Waals surface area contributed by atoms with Gasteiger partial charge in [0.05, 0.1) is 6.16 Å². The van der Waals surface area contributed by atoms with E-state index in [1.54, 1.807) is 0 Å². The van der Waals surface area contributed by atoms with E-state index in [-0.39, 0.29) is 12.1 Å². The summed E-state index contributed by atoms with van der Waals surface area (Å²) in [5.41, 5.74) is 0. The lowest BCUT2D eigenvalue weighted by atomic mass is 9.87. The molecule has 0 aromatic heterocycles. The van der Waals surface area contributed by atoms with Gasteiger partial charge in [-0.2, -0.15) is 0 Å². The summed E-state index contributed by atoms with van der Waals surface area (Å²) in [6.07, 6.45) is 0.00630. The van der Waals surface area contributed by atoms with Gasteiger partial charge in [-0.3, -0.25) is 4.57 Å². The third kappa shape index (κ3) is 4.91. The minimum atomic E-state index is -3.82. The molecule has 2 atom stereocenters. The van der Waals surface area contributed by atoms with Crippen molar-refractivity contribution in [1.82, 2.24) is 0 Å². The molecule has 0 aromatic rings. The molecule has 0 aliphatic rings. The fraction of sp³-hybridized carbons (Fsp3) is 1.00. The molecule has 12 heavy (non-hydrogen) atoms. The number of hydrogen-bond donors (Lipinski definition) is 2. The van der Waals surface area contributed by atoms with Crippen LogP contribution < -0.4 is 0 Å². The maximum atomic E-state index is 10.7. The summed E-state index contributed by atoms with van der Waals surface area (Å²) in [5, 5.41) is 0. The summed E-state index contributed by atoms with van der Waals surface area (Å²) >= 11 is 0. The van der Waals surface area contributed by atoms with E-state index in [2.05, 4.69) is 13.8 Å². The molecule has 0 aromatic carbocycles. The van der Waals surface area contributed by atoms with Gasteiger partial charge >= 0.3 is 7.60 Å². The van der Waals surface area contributed by atoms with Gasteiger partial charge in [0.25, 0.3) is 0 Å². The molecule has 0 aliphatic heterocycles. The van der Waals surface area contributed by atoms with Crippen molar-refractivity contribution >= 4 is 7.60 Å². The molecule has 0 bridgehead atoms. The van der Waals surface area contributed by atoms with Crippen LogP contribution in [-0.4, -0.2) is 15.9 Å². The Balaban J connectivity index is 4.04. The van der Waals surface area contributed by atoms with Gasteiger partial charge in [-0.25, -0.2) is 0 Å². The normalized spacial score (nSPS) is 17.9. The van der Waals surface area contributed by atoms with Crippen LogP contribution in [0.5, 0.6) is 0 Å². The van der Waals surface area contributed by atoms with E-state index >= 15 is 0 Å². The average molecular weight is 194 g/mol. The Morgan fingerprint density at radius 3 is 1.83 bits per heavy atom. The van der Waals surface area contributed by atoms with E-state index in [4.69, 9.17) is 9.79 Å². The first-order valence-electron chi connectivity index (χ1n) is 4.28. The first kappa shape index (κ1) is 12.2. The van der Waals surface area contributed by atoms with Crippen LogP contribution in [-0.2, 0) is 4.57 Å². The van der Waals surface area contributed by atoms with Crippen molar-refractivity contribution in [3.05, 3.63) is 0 Å². The highest BCUT2D eigenvalue weighted by molar-refractivity contribution is 7.51. The van der Waals surface area contributed by atoms with Crippen LogP contribution in [0.2, 0.25) is 0 Å². The first-order chi connectivity index (χ1) is 5.24. The van der Waals surface area contributed by atoms with E-state index in [1.165, 1.54) is 0 Å². The molecular formula is C8H19O3P. The van der Waals surface area contributed by atoms with Crippen LogP contribution in [0.15, 0.2) is 0 Å². The Hall–Kier alpha value is 0.150. The van der Waals surface area contributed by atoms with Crippen LogP contribution in [0.4, 0.5) is 0 Å². The second-order valence-corrected chi connectivity index (χ2v) is 5.62. The molecule has 0 aliphatic carbocycles. The van der Waals surface area contributed by atoms with Gasteiger partial charge < -0.3 is 9.79 Å². The molecule has 0 spiro atoms. The highest BCUT2D eigenvalue weighted by Crippen LogP contribution is 2.39. The topological polar surface area (TPSA) is 57.5 Å². The quantitative estimate of drug-likeness (QED) is 0.674. The van der Waals surface area contributed by atoms with Crippen molar-refractivity contribution < 1.29 is 14.4 Å². The lowest BCUT2D eigenvalue weighted by Crippen LogP contribution is -2.17. The van der Waals surface area contributed by atoms with E-state index < -0.39 is 7.60 Å². The van der Waals surface area contributed by atoms with Crippen LogP contribution in [0, 0.1) is 17.8 Å². The Labute approximate surface area is 74.3 Å². The third-order valence-electron chi connectivity index (χ3n) is 2.47. The summed E-state index contributed by atoms with van der Waals surface area (Å²) in [4.78, 5) is 17.5. The van der Waals surface area contributed by atoms with Crippen molar-refractivity contribution in [3.8, 4) is 0 Å². The van der Waals surface area contributed by atoms with E-state index in [1.807, 2.05) is 13.8 Å². The second kappa shape index (κ2) is 4.40. The van der Waals surface area contributed by atoms with Crippen molar-refractivity contribution in [2.75, 3.05) is 6.16 Å². The summed E-state index contributed by atoms with van der Waals surface area (Å²) < 4.78 is 10.7. The zero-order chi connectivity index (χ0) is 9.94. The molecule has 0 fully saturated rings. The van der Waals surface area contributed by atoms with Crippen LogP contribution in [0.1, 0.15) is 27.7 Å². The standard InChI is InChI=1S/C8H19O3P/c1-6(2)8(4)7(3)5-12(9,10)11/h6-8H,5H2,1-4H3,(H2,9,10,11). The lowest BCUT2D eigenvalue weighted by molar-refractivity contribution is 0.295. The fourth-order valence-electron chi connectivity index (χ4n) is 1.20. The maximum absolute atomic E-state index is 10.7. The van der Waals surface area contributed by atoms with Gasteiger partial charge in [0, 0.05) is 0 Å². The highest BCUT2D eigenvalue weighted by atomic mass is 31.2. The van der Waals surface area contributed by atoms with Gasteiger partial charge in [0.2, 0.25) is 0 Å². The van der Waals surface area contributed by atoms with Crippen molar-refractivity contribution in [2.45, 2.75) is 27.7 Å². The Morgan fingerprint density at radius 2 is 1.58 bits per heavy atom. The summed E-state index contributed by atoms with van der Waals surface area (Å²) in [5.74, 6) is 0.926. The Morgan fingerprint density at radius 1 is 1.17 bits per heavy atom. The van der Waals surface area contributed by atoms with Crippen molar-refractivity contribution in [1.29, 1.82) is 0 Å². The minimum Gasteiger partial charge on any atom is -0.324 e. The molecule has 0 saturated heterocycles. The average Bonchev–Trinajstić information content (AvgIpc) is 1.82. The van der Waals surface area contributed by atoms with Crippen LogP contribution >= 0.6 is 7.60 Å². The molecule has 2 N–H and O–H groups in total. The maximum Gasteiger partial charge on any atom is 0.325 e. The number of rotatable bonds is 4. The molecule has 74 valence electrons. The van der Waals surface area contributed by atoms with Crippen molar-refractivity contribution in [3.63, 3.8) is 0 Å². The Kier molecular flexibility index (Phi) is 4.46. The Bertz CT molecular complexity index is 173. The first-order valence-corrected chi connectivity index (χ1v) is 6.08. The predicted octanol–water partition coefficient (Wildman–Crippen LogP) is 2.09. The molecule has 3 nitrogen and oxygen atoms in total. The van der Waals surface area contributed by atoms with Gasteiger partial charge in [0.1, 0.15) is 0 Å². The van der Waals surface area contributed by atoms with Crippen molar-refractivity contribution in [2.24, 2.45) is 17.8 Å². The summed E-state index contributed by atoms with van der Waals surface area (Å²) in [6.45, 7) is 8.07. The monoisotopic (exact) mass is 194 g/mol. The smallest absolute Gasteiger partial charge is 0.324 e. The van der Waals surface area contributed by atoms with E-state index in [0.717, 1.165) is 0 Å². The minimum absolute atomic E-state index is 0.00630. The zero-order valence-electron chi connectivity index (χ0n) is 8.19. The predicted molar refractivity (Wildman–Crippen MR) is 50.1 cm³/mol. The van der Waals surface area contributed by atoms with Gasteiger partial charge in [-0.1, -0.05) is 27.7 Å². The molecular weight excluding hydrogens is 175 g/mol. The summed E-state index contributed by atoms with van der Waals surface area (Å²) in [7, 11) is -3.82. The molecule has 0 amide bonds. The van der Waals surface area contributed by atoms with E-state index in [9.17, 15) is 4.57 Å². The molecule has 0 saturated carbocycles. The second-order valence-electron chi connectivity index (χ2n) is 3.93. The van der Waals surface area contributed by atoms with Gasteiger partial charge in [-0.15, -0.1) is 0 Å². The zero-order valence-corrected chi connectivity index (χ0v) is 9.08. The van der Waals surface area contributed by atoms with E-state index in [0.29, 0.717) is 11.8 Å².